The molecule has 0 N–H and O–H groups in total. The Kier molecular flexibility index (Phi) is 5.17. The molecule has 2 heterocycles. The van der Waals surface area contributed by atoms with Crippen LogP contribution in [0.1, 0.15) is 42.3 Å². The van der Waals surface area contributed by atoms with E-state index in [-0.39, 0.29) is 12.3 Å². The first-order valence-corrected chi connectivity index (χ1v) is 11.1. The van der Waals surface area contributed by atoms with Crippen molar-refractivity contribution in [1.82, 2.24) is 5.01 Å². The highest BCUT2D eigenvalue weighted by atomic mass is 79.9. The summed E-state index contributed by atoms with van der Waals surface area (Å²) in [7, 11) is 0. The lowest BCUT2D eigenvalue weighted by Crippen LogP contribution is -2.33. The quantitative estimate of drug-likeness (QED) is 0.412. The minimum Gasteiger partial charge on any atom is -0.494 e. The molecule has 0 saturated heterocycles. The van der Waals surface area contributed by atoms with Crippen LogP contribution in [0, 0.1) is 0 Å². The standard InChI is InChI=1S/C24H20BrClN2O2/c1-2-29-19-10-5-16(6-11-19)24-28-22(20-13-17(25)7-12-23(20)30-24)14-21(27-28)15-3-8-18(26)9-4-15/h3-13,22,24H,2,14H2,1H3/t22-,24-/m1/s1. The van der Waals surface area contributed by atoms with Gasteiger partial charge in [0, 0.05) is 27.0 Å². The van der Waals surface area contributed by atoms with Crippen molar-refractivity contribution in [3.8, 4) is 11.5 Å². The van der Waals surface area contributed by atoms with E-state index < -0.39 is 0 Å². The summed E-state index contributed by atoms with van der Waals surface area (Å²) in [5.41, 5.74) is 4.29. The molecule has 3 aromatic rings. The van der Waals surface area contributed by atoms with E-state index in [2.05, 4.69) is 27.0 Å². The molecule has 5 rings (SSSR count). The minimum absolute atomic E-state index is 0.105. The number of hydrazone groups is 1. The Balaban J connectivity index is 1.55. The van der Waals surface area contributed by atoms with Gasteiger partial charge in [-0.15, -0.1) is 0 Å². The van der Waals surface area contributed by atoms with Gasteiger partial charge in [-0.25, -0.2) is 5.01 Å². The maximum atomic E-state index is 6.43. The molecule has 0 saturated carbocycles. The van der Waals surface area contributed by atoms with E-state index in [0.29, 0.717) is 6.61 Å². The lowest BCUT2D eigenvalue weighted by atomic mass is 9.96. The number of benzene rings is 3. The number of ether oxygens (including phenoxy) is 2. The Labute approximate surface area is 189 Å². The Morgan fingerprint density at radius 2 is 1.87 bits per heavy atom. The van der Waals surface area contributed by atoms with Gasteiger partial charge in [-0.05, 0) is 67.1 Å². The molecule has 6 heteroatoms. The summed E-state index contributed by atoms with van der Waals surface area (Å²) < 4.78 is 13.0. The molecule has 0 amide bonds. The third-order valence-corrected chi connectivity index (χ3v) is 6.15. The van der Waals surface area contributed by atoms with Gasteiger partial charge in [0.2, 0.25) is 6.23 Å². The van der Waals surface area contributed by atoms with E-state index in [4.69, 9.17) is 26.2 Å². The predicted octanol–water partition coefficient (Wildman–Crippen LogP) is 6.74. The summed E-state index contributed by atoms with van der Waals surface area (Å²) in [4.78, 5) is 0. The number of hydrogen-bond donors (Lipinski definition) is 0. The monoisotopic (exact) mass is 482 g/mol. The maximum Gasteiger partial charge on any atom is 0.213 e. The summed E-state index contributed by atoms with van der Waals surface area (Å²) >= 11 is 9.68. The molecule has 4 nitrogen and oxygen atoms in total. The fourth-order valence-corrected chi connectivity index (χ4v) is 4.49. The number of nitrogens with zero attached hydrogens (tertiary/aromatic N) is 2. The maximum absolute atomic E-state index is 6.43. The zero-order valence-corrected chi connectivity index (χ0v) is 18.7. The van der Waals surface area contributed by atoms with Crippen molar-refractivity contribution in [2.45, 2.75) is 25.6 Å². The first-order chi connectivity index (χ1) is 14.6. The highest BCUT2D eigenvalue weighted by Gasteiger charge is 2.41. The molecule has 2 aliphatic rings. The summed E-state index contributed by atoms with van der Waals surface area (Å²) in [6, 6.07) is 22.2. The summed E-state index contributed by atoms with van der Waals surface area (Å²) in [5.74, 6) is 1.75. The zero-order chi connectivity index (χ0) is 20.7. The Bertz CT molecular complexity index is 1100. The Morgan fingerprint density at radius 1 is 1.10 bits per heavy atom. The number of rotatable bonds is 4. The van der Waals surface area contributed by atoms with Crippen LogP contribution >= 0.6 is 27.5 Å². The van der Waals surface area contributed by atoms with Crippen molar-refractivity contribution in [2.75, 3.05) is 6.61 Å². The first kappa shape index (κ1) is 19.5. The van der Waals surface area contributed by atoms with Crippen LogP contribution in [-0.4, -0.2) is 17.3 Å². The highest BCUT2D eigenvalue weighted by Crippen LogP contribution is 2.48. The van der Waals surface area contributed by atoms with E-state index in [1.165, 1.54) is 0 Å². The fourth-order valence-electron chi connectivity index (χ4n) is 3.99. The van der Waals surface area contributed by atoms with Gasteiger partial charge in [0.25, 0.3) is 0 Å². The third kappa shape index (κ3) is 3.57. The predicted molar refractivity (Wildman–Crippen MR) is 122 cm³/mol. The number of fused-ring (bicyclic) bond motifs is 3. The molecule has 0 aromatic heterocycles. The van der Waals surface area contributed by atoms with Gasteiger partial charge < -0.3 is 9.47 Å². The van der Waals surface area contributed by atoms with Gasteiger partial charge in [-0.3, -0.25) is 0 Å². The van der Waals surface area contributed by atoms with Gasteiger partial charge >= 0.3 is 0 Å². The molecule has 0 radical (unpaired) electrons. The van der Waals surface area contributed by atoms with Gasteiger partial charge in [0.1, 0.15) is 11.5 Å². The molecule has 2 aliphatic heterocycles. The van der Waals surface area contributed by atoms with Crippen LogP contribution in [0.2, 0.25) is 5.02 Å². The molecule has 0 unspecified atom stereocenters. The van der Waals surface area contributed by atoms with Crippen molar-refractivity contribution in [1.29, 1.82) is 0 Å². The molecule has 0 fully saturated rings. The second kappa shape index (κ2) is 7.97. The molecule has 3 aromatic carbocycles. The molecule has 30 heavy (non-hydrogen) atoms. The topological polar surface area (TPSA) is 34.1 Å². The second-order valence-electron chi connectivity index (χ2n) is 7.31. The van der Waals surface area contributed by atoms with Crippen molar-refractivity contribution in [3.63, 3.8) is 0 Å². The molecule has 2 atom stereocenters. The fraction of sp³-hybridized carbons (Fsp3) is 0.208. The molecule has 0 spiro atoms. The smallest absolute Gasteiger partial charge is 0.213 e. The molecular formula is C24H20BrClN2O2. The van der Waals surface area contributed by atoms with Crippen LogP contribution in [0.3, 0.4) is 0 Å². The van der Waals surface area contributed by atoms with Crippen LogP contribution in [0.4, 0.5) is 0 Å². The van der Waals surface area contributed by atoms with E-state index >= 15 is 0 Å². The van der Waals surface area contributed by atoms with Crippen molar-refractivity contribution in [2.24, 2.45) is 5.10 Å². The van der Waals surface area contributed by atoms with Gasteiger partial charge in [-0.2, -0.15) is 5.10 Å². The van der Waals surface area contributed by atoms with Crippen LogP contribution in [0.5, 0.6) is 11.5 Å². The zero-order valence-electron chi connectivity index (χ0n) is 16.4. The van der Waals surface area contributed by atoms with Crippen LogP contribution in [-0.2, 0) is 0 Å². The van der Waals surface area contributed by atoms with Crippen LogP contribution in [0.25, 0.3) is 0 Å². The Morgan fingerprint density at radius 3 is 2.60 bits per heavy atom. The summed E-state index contributed by atoms with van der Waals surface area (Å²) in [6.07, 6.45) is 0.506. The lowest BCUT2D eigenvalue weighted by Gasteiger charge is -2.38. The second-order valence-corrected chi connectivity index (χ2v) is 8.66. The van der Waals surface area contributed by atoms with E-state index in [9.17, 15) is 0 Å². The number of halogens is 2. The first-order valence-electron chi connectivity index (χ1n) is 9.93. The van der Waals surface area contributed by atoms with Gasteiger partial charge in [0.15, 0.2) is 0 Å². The SMILES string of the molecule is CCOc1ccc([C@H]2Oc3ccc(Br)cc3[C@H]3CC(c4ccc(Cl)cc4)=NN32)cc1. The largest absolute Gasteiger partial charge is 0.494 e. The van der Waals surface area contributed by atoms with Crippen molar-refractivity contribution >= 4 is 33.2 Å². The minimum atomic E-state index is -0.302. The van der Waals surface area contributed by atoms with Gasteiger partial charge in [-0.1, -0.05) is 39.7 Å². The van der Waals surface area contributed by atoms with E-state index in [0.717, 1.165) is 49.8 Å². The lowest BCUT2D eigenvalue weighted by molar-refractivity contribution is -0.0191. The van der Waals surface area contributed by atoms with Crippen LogP contribution < -0.4 is 9.47 Å². The molecule has 0 aliphatic carbocycles. The summed E-state index contributed by atoms with van der Waals surface area (Å²) in [6.45, 7) is 2.62. The van der Waals surface area contributed by atoms with Crippen molar-refractivity contribution < 1.29 is 9.47 Å². The average Bonchev–Trinajstić information content (AvgIpc) is 3.20. The average molecular weight is 484 g/mol. The number of hydrogen-bond acceptors (Lipinski definition) is 4. The van der Waals surface area contributed by atoms with Gasteiger partial charge in [0.05, 0.1) is 18.4 Å². The summed E-state index contributed by atoms with van der Waals surface area (Å²) in [5, 5.41) is 7.79. The normalized spacial score (nSPS) is 19.6. The molecular weight excluding hydrogens is 464 g/mol. The highest BCUT2D eigenvalue weighted by molar-refractivity contribution is 9.10. The third-order valence-electron chi connectivity index (χ3n) is 5.41. The van der Waals surface area contributed by atoms with E-state index in [1.807, 2.05) is 67.6 Å². The molecule has 152 valence electrons. The van der Waals surface area contributed by atoms with Crippen LogP contribution in [0.15, 0.2) is 76.3 Å². The van der Waals surface area contributed by atoms with Crippen molar-refractivity contribution in [3.05, 3.63) is 92.9 Å². The Hall–Kier alpha value is -2.50. The van der Waals surface area contributed by atoms with E-state index in [1.54, 1.807) is 0 Å². The molecule has 0 bridgehead atoms.